The summed E-state index contributed by atoms with van der Waals surface area (Å²) in [5.74, 6) is 1.31. The third-order valence-corrected chi connectivity index (χ3v) is 5.50. The monoisotopic (exact) mass is 416 g/mol. The lowest BCUT2D eigenvalue weighted by atomic mass is 10.0. The van der Waals surface area contributed by atoms with Crippen molar-refractivity contribution in [1.82, 2.24) is 9.47 Å². The number of hydrogen-bond acceptors (Lipinski definition) is 4. The lowest BCUT2D eigenvalue weighted by Crippen LogP contribution is -2.34. The van der Waals surface area contributed by atoms with Gasteiger partial charge in [0.15, 0.2) is 0 Å². The highest BCUT2D eigenvalue weighted by Crippen LogP contribution is 2.32. The van der Waals surface area contributed by atoms with Crippen molar-refractivity contribution in [2.45, 2.75) is 19.6 Å². The van der Waals surface area contributed by atoms with Crippen LogP contribution < -0.4 is 10.3 Å². The molecule has 1 N–H and O–H groups in total. The van der Waals surface area contributed by atoms with E-state index in [9.17, 15) is 14.7 Å². The molecule has 0 fully saturated rings. The van der Waals surface area contributed by atoms with Crippen LogP contribution in [0.1, 0.15) is 16.9 Å². The van der Waals surface area contributed by atoms with Gasteiger partial charge >= 0.3 is 6.09 Å². The van der Waals surface area contributed by atoms with Gasteiger partial charge in [0.25, 0.3) is 5.56 Å². The Morgan fingerprint density at radius 3 is 2.71 bits per heavy atom. The molecule has 2 aromatic heterocycles. The summed E-state index contributed by atoms with van der Waals surface area (Å²) in [6.45, 7) is 1.08. The molecule has 2 aromatic carbocycles. The molecule has 5 rings (SSSR count). The third kappa shape index (κ3) is 3.66. The second-order valence-electron chi connectivity index (χ2n) is 7.48. The number of ether oxygens (including phenoxy) is 1. The molecule has 0 saturated carbocycles. The molecule has 7 heteroatoms. The van der Waals surface area contributed by atoms with Gasteiger partial charge in [0.05, 0.1) is 6.54 Å². The minimum Gasteiger partial charge on any atom is -0.489 e. The van der Waals surface area contributed by atoms with E-state index in [2.05, 4.69) is 0 Å². The van der Waals surface area contributed by atoms with Crippen molar-refractivity contribution in [2.75, 3.05) is 6.54 Å². The predicted molar refractivity (Wildman–Crippen MR) is 115 cm³/mol. The lowest BCUT2D eigenvalue weighted by molar-refractivity contribution is 0.138. The molecule has 3 heterocycles. The number of nitrogens with zero attached hydrogens (tertiary/aromatic N) is 2. The number of amides is 1. The number of fused-ring (bicyclic) bond motifs is 3. The molecule has 0 bridgehead atoms. The van der Waals surface area contributed by atoms with Crippen molar-refractivity contribution in [3.8, 4) is 11.4 Å². The van der Waals surface area contributed by atoms with E-state index in [0.29, 0.717) is 36.6 Å². The molecule has 7 nitrogen and oxygen atoms in total. The highest BCUT2D eigenvalue weighted by molar-refractivity contribution is 5.85. The molecule has 0 radical (unpaired) electrons. The zero-order valence-electron chi connectivity index (χ0n) is 16.7. The first-order chi connectivity index (χ1) is 15.1. The Balaban J connectivity index is 1.43. The maximum absolute atomic E-state index is 12.7. The van der Waals surface area contributed by atoms with Gasteiger partial charge in [-0.15, -0.1) is 0 Å². The van der Waals surface area contributed by atoms with Crippen molar-refractivity contribution < 1.29 is 19.1 Å². The summed E-state index contributed by atoms with van der Waals surface area (Å²) in [7, 11) is 0. The van der Waals surface area contributed by atoms with E-state index in [1.54, 1.807) is 12.3 Å². The van der Waals surface area contributed by atoms with Gasteiger partial charge in [0.2, 0.25) is 0 Å². The Morgan fingerprint density at radius 1 is 1.10 bits per heavy atom. The summed E-state index contributed by atoms with van der Waals surface area (Å²) in [5, 5.41) is 10.2. The first kappa shape index (κ1) is 19.0. The zero-order valence-corrected chi connectivity index (χ0v) is 16.7. The fourth-order valence-electron chi connectivity index (χ4n) is 3.89. The van der Waals surface area contributed by atoms with E-state index in [1.807, 2.05) is 48.5 Å². The topological polar surface area (TPSA) is 84.9 Å². The van der Waals surface area contributed by atoms with Gasteiger partial charge in [-0.2, -0.15) is 0 Å². The standard InChI is InChI=1S/C24H20N2O5/c27-23-13-18(30-15-16-4-2-1-3-5-16)8-11-26(23)17-6-7-21-19(12-17)20-14-25(24(28)29)10-9-22(20)31-21/h1-8,11-13H,9-10,14-15H2,(H,28,29). The fourth-order valence-corrected chi connectivity index (χ4v) is 3.89. The van der Waals surface area contributed by atoms with Crippen LogP contribution in [0.4, 0.5) is 4.79 Å². The van der Waals surface area contributed by atoms with Crippen LogP contribution >= 0.6 is 0 Å². The SMILES string of the molecule is O=C(O)N1CCc2oc3ccc(-n4ccc(OCc5ccccc5)cc4=O)cc3c2C1. The summed E-state index contributed by atoms with van der Waals surface area (Å²) in [6.07, 6.45) is 1.28. The summed E-state index contributed by atoms with van der Waals surface area (Å²) in [5.41, 5.74) is 3.05. The van der Waals surface area contributed by atoms with Crippen LogP contribution in [0.25, 0.3) is 16.7 Å². The molecule has 0 spiro atoms. The van der Waals surface area contributed by atoms with E-state index >= 15 is 0 Å². The second kappa shape index (κ2) is 7.68. The Bertz CT molecular complexity index is 1320. The van der Waals surface area contributed by atoms with Crippen LogP contribution in [-0.4, -0.2) is 27.2 Å². The minimum atomic E-state index is -0.946. The van der Waals surface area contributed by atoms with Gasteiger partial charge in [-0.3, -0.25) is 9.36 Å². The molecule has 31 heavy (non-hydrogen) atoms. The van der Waals surface area contributed by atoms with Crippen LogP contribution in [0.3, 0.4) is 0 Å². The molecule has 0 aliphatic carbocycles. The molecule has 1 aliphatic heterocycles. The third-order valence-electron chi connectivity index (χ3n) is 5.50. The largest absolute Gasteiger partial charge is 0.489 e. The summed E-state index contributed by atoms with van der Waals surface area (Å²) in [4.78, 5) is 25.5. The van der Waals surface area contributed by atoms with E-state index in [-0.39, 0.29) is 12.1 Å². The van der Waals surface area contributed by atoms with Crippen molar-refractivity contribution >= 4 is 17.1 Å². The van der Waals surface area contributed by atoms with Gasteiger partial charge in [-0.05, 0) is 29.8 Å². The number of carbonyl (C=O) groups is 1. The maximum Gasteiger partial charge on any atom is 0.407 e. The van der Waals surface area contributed by atoms with E-state index in [4.69, 9.17) is 9.15 Å². The number of carboxylic acid groups (broad SMARTS) is 1. The summed E-state index contributed by atoms with van der Waals surface area (Å²) in [6, 6.07) is 18.5. The number of furan rings is 1. The van der Waals surface area contributed by atoms with Crippen molar-refractivity contribution in [3.63, 3.8) is 0 Å². The first-order valence-corrected chi connectivity index (χ1v) is 10.0. The second-order valence-corrected chi connectivity index (χ2v) is 7.48. The Hall–Kier alpha value is -4.00. The van der Waals surface area contributed by atoms with Gasteiger partial charge in [-0.25, -0.2) is 4.79 Å². The molecule has 1 aliphatic rings. The molecular formula is C24H20N2O5. The van der Waals surface area contributed by atoms with Crippen molar-refractivity contribution in [2.24, 2.45) is 0 Å². The van der Waals surface area contributed by atoms with E-state index in [1.165, 1.54) is 15.5 Å². The van der Waals surface area contributed by atoms with Gasteiger partial charge < -0.3 is 19.2 Å². The minimum absolute atomic E-state index is 0.213. The summed E-state index contributed by atoms with van der Waals surface area (Å²) >= 11 is 0. The van der Waals surface area contributed by atoms with E-state index < -0.39 is 6.09 Å². The number of pyridine rings is 1. The van der Waals surface area contributed by atoms with Crippen LogP contribution in [0.15, 0.2) is 76.1 Å². The highest BCUT2D eigenvalue weighted by atomic mass is 16.5. The molecule has 4 aromatic rings. The highest BCUT2D eigenvalue weighted by Gasteiger charge is 2.25. The number of benzene rings is 2. The normalized spacial score (nSPS) is 13.2. The molecular weight excluding hydrogens is 396 g/mol. The Labute approximate surface area is 177 Å². The molecule has 156 valence electrons. The van der Waals surface area contributed by atoms with Crippen LogP contribution in [0.5, 0.6) is 5.75 Å². The quantitative estimate of drug-likeness (QED) is 0.539. The van der Waals surface area contributed by atoms with Crippen LogP contribution in [0.2, 0.25) is 0 Å². The maximum atomic E-state index is 12.7. The number of aromatic nitrogens is 1. The van der Waals surface area contributed by atoms with Crippen molar-refractivity contribution in [3.05, 3.63) is 94.1 Å². The first-order valence-electron chi connectivity index (χ1n) is 10.0. The average molecular weight is 416 g/mol. The number of hydrogen-bond donors (Lipinski definition) is 1. The number of rotatable bonds is 4. The predicted octanol–water partition coefficient (Wildman–Crippen LogP) is 4.20. The van der Waals surface area contributed by atoms with E-state index in [0.717, 1.165) is 22.3 Å². The van der Waals surface area contributed by atoms with Gasteiger partial charge in [0.1, 0.15) is 23.7 Å². The molecule has 1 amide bonds. The van der Waals surface area contributed by atoms with Crippen molar-refractivity contribution in [1.29, 1.82) is 0 Å². The Kier molecular flexibility index (Phi) is 4.71. The smallest absolute Gasteiger partial charge is 0.407 e. The van der Waals surface area contributed by atoms with Gasteiger partial charge in [-0.1, -0.05) is 30.3 Å². The van der Waals surface area contributed by atoms with Crippen LogP contribution in [-0.2, 0) is 19.6 Å². The lowest BCUT2D eigenvalue weighted by Gasteiger charge is -2.23. The Morgan fingerprint density at radius 2 is 1.94 bits per heavy atom. The van der Waals surface area contributed by atoms with Crippen LogP contribution in [0, 0.1) is 0 Å². The summed E-state index contributed by atoms with van der Waals surface area (Å²) < 4.78 is 13.2. The fraction of sp³-hybridized carbons (Fsp3) is 0.167. The molecule has 0 unspecified atom stereocenters. The zero-order chi connectivity index (χ0) is 21.4. The van der Waals surface area contributed by atoms with Gasteiger partial charge in [0, 0.05) is 41.9 Å². The average Bonchev–Trinajstić information content (AvgIpc) is 3.15. The molecule has 0 atom stereocenters. The molecule has 0 saturated heterocycles.